The third-order valence-electron chi connectivity index (χ3n) is 2.62. The summed E-state index contributed by atoms with van der Waals surface area (Å²) in [6.07, 6.45) is 4.57. The molecule has 2 rings (SSSR count). The van der Waals surface area contributed by atoms with Gasteiger partial charge in [-0.25, -0.2) is 4.98 Å². The van der Waals surface area contributed by atoms with Crippen LogP contribution in [0.3, 0.4) is 0 Å². The molecule has 1 aromatic heterocycles. The zero-order chi connectivity index (χ0) is 10.0. The molecule has 0 radical (unpaired) electrons. The molecular formula is C10H17N3O. The normalized spacial score (nSPS) is 19.6. The number of rotatable bonds is 4. The van der Waals surface area contributed by atoms with Crippen LogP contribution in [0.5, 0.6) is 0 Å². The van der Waals surface area contributed by atoms with Crippen molar-refractivity contribution < 1.29 is 4.74 Å². The summed E-state index contributed by atoms with van der Waals surface area (Å²) >= 11 is 0. The molecule has 0 N–H and O–H groups in total. The van der Waals surface area contributed by atoms with E-state index in [4.69, 9.17) is 4.74 Å². The number of aromatic nitrogens is 3. The summed E-state index contributed by atoms with van der Waals surface area (Å²) < 4.78 is 7.23. The van der Waals surface area contributed by atoms with E-state index in [0.717, 1.165) is 19.8 Å². The fourth-order valence-electron chi connectivity index (χ4n) is 2.19. The molecule has 0 spiro atoms. The van der Waals surface area contributed by atoms with Gasteiger partial charge in [0, 0.05) is 5.41 Å². The van der Waals surface area contributed by atoms with Gasteiger partial charge in [-0.3, -0.25) is 4.68 Å². The van der Waals surface area contributed by atoms with Crippen LogP contribution in [0.4, 0.5) is 0 Å². The summed E-state index contributed by atoms with van der Waals surface area (Å²) in [5.41, 5.74) is 0.307. The van der Waals surface area contributed by atoms with E-state index in [0.29, 0.717) is 11.3 Å². The van der Waals surface area contributed by atoms with Crippen molar-refractivity contribution in [2.75, 3.05) is 13.2 Å². The minimum atomic E-state index is 0.307. The second kappa shape index (κ2) is 3.69. The van der Waals surface area contributed by atoms with Gasteiger partial charge in [-0.2, -0.15) is 5.10 Å². The number of hydrogen-bond acceptors (Lipinski definition) is 3. The SMILES string of the molecule is CC(C)CC1(Cn2cncn2)COC1. The lowest BCUT2D eigenvalue weighted by molar-refractivity contribution is -0.133. The molecule has 1 aliphatic rings. The Hall–Kier alpha value is -0.900. The fourth-order valence-corrected chi connectivity index (χ4v) is 2.19. The van der Waals surface area contributed by atoms with Crippen LogP contribution in [0.2, 0.25) is 0 Å². The number of hydrogen-bond donors (Lipinski definition) is 0. The Morgan fingerprint density at radius 2 is 2.29 bits per heavy atom. The van der Waals surface area contributed by atoms with Crippen molar-refractivity contribution in [2.45, 2.75) is 26.8 Å². The van der Waals surface area contributed by atoms with E-state index < -0.39 is 0 Å². The van der Waals surface area contributed by atoms with Gasteiger partial charge < -0.3 is 4.74 Å². The maximum absolute atomic E-state index is 5.33. The van der Waals surface area contributed by atoms with Gasteiger partial charge in [0.15, 0.2) is 0 Å². The van der Waals surface area contributed by atoms with Gasteiger partial charge in [0.2, 0.25) is 0 Å². The van der Waals surface area contributed by atoms with Crippen LogP contribution in [0.15, 0.2) is 12.7 Å². The van der Waals surface area contributed by atoms with Crippen molar-refractivity contribution >= 4 is 0 Å². The van der Waals surface area contributed by atoms with Crippen molar-refractivity contribution in [3.63, 3.8) is 0 Å². The predicted molar refractivity (Wildman–Crippen MR) is 52.7 cm³/mol. The van der Waals surface area contributed by atoms with E-state index in [1.807, 2.05) is 4.68 Å². The molecule has 14 heavy (non-hydrogen) atoms. The molecule has 0 unspecified atom stereocenters. The van der Waals surface area contributed by atoms with E-state index in [1.165, 1.54) is 6.42 Å². The Bertz CT molecular complexity index is 278. The molecule has 2 heterocycles. The molecule has 4 heteroatoms. The van der Waals surface area contributed by atoms with Crippen LogP contribution in [0, 0.1) is 11.3 Å². The first kappa shape index (κ1) is 9.65. The Kier molecular flexibility index (Phi) is 2.54. The number of nitrogens with zero attached hydrogens (tertiary/aromatic N) is 3. The lowest BCUT2D eigenvalue weighted by Crippen LogP contribution is -2.46. The molecule has 1 fully saturated rings. The van der Waals surface area contributed by atoms with Gasteiger partial charge in [0.05, 0.1) is 19.8 Å². The Labute approximate surface area is 84.3 Å². The van der Waals surface area contributed by atoms with Gasteiger partial charge >= 0.3 is 0 Å². The maximum Gasteiger partial charge on any atom is 0.137 e. The first-order valence-corrected chi connectivity index (χ1v) is 5.10. The molecule has 0 bridgehead atoms. The molecule has 0 saturated carbocycles. The Morgan fingerprint density at radius 3 is 2.71 bits per heavy atom. The molecule has 4 nitrogen and oxygen atoms in total. The summed E-state index contributed by atoms with van der Waals surface area (Å²) in [5, 5.41) is 4.14. The van der Waals surface area contributed by atoms with E-state index in [9.17, 15) is 0 Å². The van der Waals surface area contributed by atoms with Crippen LogP contribution < -0.4 is 0 Å². The van der Waals surface area contributed by atoms with E-state index in [1.54, 1.807) is 12.7 Å². The molecule has 1 aromatic rings. The average Bonchev–Trinajstić information content (AvgIpc) is 2.51. The summed E-state index contributed by atoms with van der Waals surface area (Å²) in [4.78, 5) is 3.95. The summed E-state index contributed by atoms with van der Waals surface area (Å²) in [6.45, 7) is 7.17. The van der Waals surface area contributed by atoms with Gasteiger partial charge in [-0.15, -0.1) is 0 Å². The number of ether oxygens (including phenoxy) is 1. The first-order valence-electron chi connectivity index (χ1n) is 5.10. The van der Waals surface area contributed by atoms with E-state index in [2.05, 4.69) is 23.9 Å². The van der Waals surface area contributed by atoms with Crippen LogP contribution >= 0.6 is 0 Å². The molecule has 1 saturated heterocycles. The Balaban J connectivity index is 1.99. The molecular weight excluding hydrogens is 178 g/mol. The molecule has 0 aromatic carbocycles. The van der Waals surface area contributed by atoms with Crippen LogP contribution in [-0.2, 0) is 11.3 Å². The monoisotopic (exact) mass is 195 g/mol. The van der Waals surface area contributed by atoms with Crippen molar-refractivity contribution in [1.82, 2.24) is 14.8 Å². The van der Waals surface area contributed by atoms with Crippen LogP contribution in [-0.4, -0.2) is 28.0 Å². The lowest BCUT2D eigenvalue weighted by atomic mass is 9.78. The van der Waals surface area contributed by atoms with Crippen molar-refractivity contribution in [1.29, 1.82) is 0 Å². The lowest BCUT2D eigenvalue weighted by Gasteiger charge is -2.42. The largest absolute Gasteiger partial charge is 0.380 e. The summed E-state index contributed by atoms with van der Waals surface area (Å²) in [7, 11) is 0. The molecule has 0 atom stereocenters. The van der Waals surface area contributed by atoms with E-state index >= 15 is 0 Å². The first-order chi connectivity index (χ1) is 6.70. The third-order valence-corrected chi connectivity index (χ3v) is 2.62. The molecule has 0 amide bonds. The second-order valence-corrected chi connectivity index (χ2v) is 4.68. The highest BCUT2D eigenvalue weighted by Gasteiger charge is 2.39. The van der Waals surface area contributed by atoms with Crippen molar-refractivity contribution in [2.24, 2.45) is 11.3 Å². The van der Waals surface area contributed by atoms with Crippen molar-refractivity contribution in [3.8, 4) is 0 Å². The quantitative estimate of drug-likeness (QED) is 0.728. The molecule has 78 valence electrons. The smallest absolute Gasteiger partial charge is 0.137 e. The standard InChI is InChI=1S/C10H17N3O/c1-9(2)3-10(5-14-6-10)4-13-8-11-7-12-13/h7-9H,3-6H2,1-2H3. The summed E-state index contributed by atoms with van der Waals surface area (Å²) in [5.74, 6) is 0.711. The fraction of sp³-hybridized carbons (Fsp3) is 0.800. The van der Waals surface area contributed by atoms with Crippen LogP contribution in [0.25, 0.3) is 0 Å². The van der Waals surface area contributed by atoms with Gasteiger partial charge in [0.1, 0.15) is 12.7 Å². The van der Waals surface area contributed by atoms with Gasteiger partial charge in [-0.05, 0) is 12.3 Å². The second-order valence-electron chi connectivity index (χ2n) is 4.68. The highest BCUT2D eigenvalue weighted by molar-refractivity contribution is 4.86. The zero-order valence-corrected chi connectivity index (χ0v) is 8.81. The highest BCUT2D eigenvalue weighted by Crippen LogP contribution is 2.35. The average molecular weight is 195 g/mol. The van der Waals surface area contributed by atoms with E-state index in [-0.39, 0.29) is 0 Å². The van der Waals surface area contributed by atoms with Crippen molar-refractivity contribution in [3.05, 3.63) is 12.7 Å². The molecule has 1 aliphatic heterocycles. The van der Waals surface area contributed by atoms with Gasteiger partial charge in [-0.1, -0.05) is 13.8 Å². The molecule has 0 aliphatic carbocycles. The minimum Gasteiger partial charge on any atom is -0.380 e. The Morgan fingerprint density at radius 1 is 1.50 bits per heavy atom. The minimum absolute atomic E-state index is 0.307. The zero-order valence-electron chi connectivity index (χ0n) is 8.81. The third kappa shape index (κ3) is 1.95. The predicted octanol–water partition coefficient (Wildman–Crippen LogP) is 1.34. The maximum atomic E-state index is 5.33. The van der Waals surface area contributed by atoms with Crippen LogP contribution in [0.1, 0.15) is 20.3 Å². The van der Waals surface area contributed by atoms with Gasteiger partial charge in [0.25, 0.3) is 0 Å². The topological polar surface area (TPSA) is 39.9 Å². The summed E-state index contributed by atoms with van der Waals surface area (Å²) in [6, 6.07) is 0. The highest BCUT2D eigenvalue weighted by atomic mass is 16.5.